The molecule has 3 heterocycles. The van der Waals surface area contributed by atoms with Crippen molar-refractivity contribution in [1.82, 2.24) is 19.9 Å². The highest BCUT2D eigenvalue weighted by molar-refractivity contribution is 6.35. The van der Waals surface area contributed by atoms with E-state index in [2.05, 4.69) is 4.98 Å². The maximum Gasteiger partial charge on any atom is 0.410 e. The van der Waals surface area contributed by atoms with Gasteiger partial charge < -0.3 is 9.64 Å². The number of para-hydroxylation sites is 2. The van der Waals surface area contributed by atoms with Crippen LogP contribution >= 0.6 is 0 Å². The van der Waals surface area contributed by atoms with Crippen molar-refractivity contribution in [2.75, 3.05) is 7.05 Å². The lowest BCUT2D eigenvalue weighted by molar-refractivity contribution is 0.0285. The van der Waals surface area contributed by atoms with Crippen LogP contribution in [-0.2, 0) is 11.3 Å². The van der Waals surface area contributed by atoms with Crippen molar-refractivity contribution in [3.05, 3.63) is 68.7 Å². The maximum atomic E-state index is 13.0. The number of hydrogen-bond donors (Lipinski definition) is 1. The van der Waals surface area contributed by atoms with E-state index in [4.69, 9.17) is 14.7 Å². The molecule has 1 N–H and O–H groups in total. The Hall–Kier alpha value is -4.33. The van der Waals surface area contributed by atoms with Gasteiger partial charge in [0.1, 0.15) is 5.60 Å². The van der Waals surface area contributed by atoms with E-state index in [1.807, 2.05) is 63.2 Å². The number of carbonyl (C=O) groups is 1. The molecule has 1 amide bonds. The average molecular weight is 466 g/mol. The van der Waals surface area contributed by atoms with Crippen LogP contribution in [0.5, 0.6) is 0 Å². The third-order valence-corrected chi connectivity index (χ3v) is 6.26. The molecule has 174 valence electrons. The average Bonchev–Trinajstić information content (AvgIpc) is 3.44. The molecule has 0 atom stereocenters. The van der Waals surface area contributed by atoms with Gasteiger partial charge >= 0.3 is 6.09 Å². The van der Waals surface area contributed by atoms with E-state index in [1.54, 1.807) is 7.05 Å². The molecule has 0 aliphatic carbocycles. The third kappa shape index (κ3) is 3.10. The van der Waals surface area contributed by atoms with Crippen LogP contribution in [0.1, 0.15) is 26.3 Å². The van der Waals surface area contributed by atoms with E-state index in [9.17, 15) is 14.4 Å². The first-order valence-corrected chi connectivity index (χ1v) is 11.3. The lowest BCUT2D eigenvalue weighted by Gasteiger charge is -2.24. The summed E-state index contributed by atoms with van der Waals surface area (Å²) in [5.74, 6) is 0. The van der Waals surface area contributed by atoms with Gasteiger partial charge in [-0.15, -0.1) is 0 Å². The fourth-order valence-electron chi connectivity index (χ4n) is 4.88. The number of aromatic amines is 1. The summed E-state index contributed by atoms with van der Waals surface area (Å²) >= 11 is 0. The van der Waals surface area contributed by atoms with Crippen molar-refractivity contribution in [3.63, 3.8) is 0 Å². The number of fused-ring (bicyclic) bond motifs is 10. The Kier molecular flexibility index (Phi) is 4.30. The Morgan fingerprint density at radius 2 is 1.49 bits per heavy atom. The van der Waals surface area contributed by atoms with Gasteiger partial charge in [-0.05, 0) is 32.4 Å². The number of carbonyl (C=O) groups excluding carboxylic acids is 1. The normalized spacial score (nSPS) is 12.5. The molecule has 3 aromatic heterocycles. The molecule has 0 saturated heterocycles. The van der Waals surface area contributed by atoms with Crippen LogP contribution in [0.3, 0.4) is 0 Å². The number of aromatic nitrogens is 3. The summed E-state index contributed by atoms with van der Waals surface area (Å²) in [6.45, 7) is 5.72. The fourth-order valence-corrected chi connectivity index (χ4v) is 4.88. The second-order valence-electron chi connectivity index (χ2n) is 9.87. The smallest absolute Gasteiger partial charge is 0.410 e. The Labute approximate surface area is 198 Å². The highest BCUT2D eigenvalue weighted by atomic mass is 16.6. The van der Waals surface area contributed by atoms with Crippen LogP contribution in [-0.4, -0.2) is 38.6 Å². The molecule has 6 aromatic rings. The third-order valence-electron chi connectivity index (χ3n) is 6.26. The molecule has 35 heavy (non-hydrogen) atoms. The van der Waals surface area contributed by atoms with Crippen LogP contribution in [0.4, 0.5) is 4.79 Å². The molecule has 3 aromatic carbocycles. The molecule has 0 saturated carbocycles. The van der Waals surface area contributed by atoms with Crippen LogP contribution < -0.4 is 11.1 Å². The predicted molar refractivity (Wildman–Crippen MR) is 137 cm³/mol. The molecule has 0 unspecified atom stereocenters. The number of nitrogens with one attached hydrogen (secondary N) is 1. The fraction of sp³-hybridized carbons (Fsp3) is 0.222. The van der Waals surface area contributed by atoms with Gasteiger partial charge in [-0.25, -0.2) is 14.8 Å². The topological polar surface area (TPSA) is 105 Å². The largest absolute Gasteiger partial charge is 0.444 e. The van der Waals surface area contributed by atoms with Gasteiger partial charge in [0.25, 0.3) is 11.1 Å². The van der Waals surface area contributed by atoms with Crippen LogP contribution in [0, 0.1) is 0 Å². The lowest BCUT2D eigenvalue weighted by atomic mass is 10.0. The minimum Gasteiger partial charge on any atom is -0.444 e. The van der Waals surface area contributed by atoms with E-state index in [-0.39, 0.29) is 6.54 Å². The first-order chi connectivity index (χ1) is 16.6. The number of H-pyrrole nitrogens is 1. The second kappa shape index (κ2) is 7.09. The molecule has 8 nitrogen and oxygen atoms in total. The van der Waals surface area contributed by atoms with Gasteiger partial charge in [-0.1, -0.05) is 36.4 Å². The quantitative estimate of drug-likeness (QED) is 0.402. The molecule has 0 bridgehead atoms. The summed E-state index contributed by atoms with van der Waals surface area (Å²) in [6.07, 6.45) is -0.442. The standard InChI is InChI=1S/C27H22N4O4/c1-27(2,3)35-26(34)31(4)12-13-8-7-10-15-18-20-19(24(32)30-25(20)33)17-14-9-5-6-11-16(14)28-22(17)23(18)29-21(13)15/h5-11H,12H2,1-4H3,(H,30,32,33). The molecule has 6 rings (SSSR count). The van der Waals surface area contributed by atoms with Gasteiger partial charge in [-0.3, -0.25) is 14.6 Å². The second-order valence-corrected chi connectivity index (χ2v) is 9.87. The Morgan fingerprint density at radius 3 is 2.20 bits per heavy atom. The summed E-state index contributed by atoms with van der Waals surface area (Å²) in [5.41, 5.74) is 1.89. The van der Waals surface area contributed by atoms with Gasteiger partial charge in [0.2, 0.25) is 0 Å². The predicted octanol–water partition coefficient (Wildman–Crippen LogP) is 4.53. The van der Waals surface area contributed by atoms with Gasteiger partial charge in [0.15, 0.2) is 0 Å². The van der Waals surface area contributed by atoms with E-state index >= 15 is 0 Å². The summed E-state index contributed by atoms with van der Waals surface area (Å²) in [6, 6.07) is 13.2. The summed E-state index contributed by atoms with van der Waals surface area (Å²) in [5, 5.41) is 3.47. The van der Waals surface area contributed by atoms with Crippen molar-refractivity contribution >= 4 is 60.5 Å². The number of ether oxygens (including phenoxy) is 1. The maximum absolute atomic E-state index is 13.0. The van der Waals surface area contributed by atoms with E-state index in [0.717, 1.165) is 21.9 Å². The molecule has 0 fully saturated rings. The van der Waals surface area contributed by atoms with Gasteiger partial charge in [0, 0.05) is 28.6 Å². The zero-order valence-corrected chi connectivity index (χ0v) is 19.7. The van der Waals surface area contributed by atoms with E-state index in [0.29, 0.717) is 38.1 Å². The van der Waals surface area contributed by atoms with Crippen molar-refractivity contribution < 1.29 is 9.53 Å². The first-order valence-electron chi connectivity index (χ1n) is 11.3. The first kappa shape index (κ1) is 21.2. The SMILES string of the molecule is CN(Cc1cccc2c1nc1c3nc4ccccc4c3c3c(=O)[nH]c(=O)c3c21)C(=O)OC(C)(C)C. The number of nitrogens with zero attached hydrogens (tertiary/aromatic N) is 3. The van der Waals surface area contributed by atoms with E-state index in [1.165, 1.54) is 4.90 Å². The monoisotopic (exact) mass is 466 g/mol. The zero-order chi connectivity index (χ0) is 24.6. The highest BCUT2D eigenvalue weighted by Gasteiger charge is 2.25. The molecule has 0 aliphatic rings. The number of benzene rings is 3. The lowest BCUT2D eigenvalue weighted by Crippen LogP contribution is -2.33. The highest BCUT2D eigenvalue weighted by Crippen LogP contribution is 2.40. The summed E-state index contributed by atoms with van der Waals surface area (Å²) < 4.78 is 5.49. The summed E-state index contributed by atoms with van der Waals surface area (Å²) in [7, 11) is 1.67. The Bertz CT molecular complexity index is 1920. The Balaban J connectivity index is 1.67. The van der Waals surface area contributed by atoms with Crippen molar-refractivity contribution in [2.45, 2.75) is 32.9 Å². The van der Waals surface area contributed by atoms with Gasteiger partial charge in [-0.2, -0.15) is 0 Å². The van der Waals surface area contributed by atoms with Crippen molar-refractivity contribution in [3.8, 4) is 0 Å². The molecule has 8 heteroatoms. The van der Waals surface area contributed by atoms with Crippen LogP contribution in [0.15, 0.2) is 52.1 Å². The molecular formula is C27H22N4O4. The van der Waals surface area contributed by atoms with E-state index < -0.39 is 22.8 Å². The molecule has 0 spiro atoms. The van der Waals surface area contributed by atoms with Gasteiger partial charge in [0.05, 0.1) is 39.4 Å². The summed E-state index contributed by atoms with van der Waals surface area (Å²) in [4.78, 5) is 52.1. The number of hydrogen-bond acceptors (Lipinski definition) is 6. The molecule has 0 radical (unpaired) electrons. The zero-order valence-electron chi connectivity index (χ0n) is 19.7. The molecule has 0 aliphatic heterocycles. The van der Waals surface area contributed by atoms with Crippen LogP contribution in [0.2, 0.25) is 0 Å². The molecular weight excluding hydrogens is 444 g/mol. The van der Waals surface area contributed by atoms with Crippen molar-refractivity contribution in [1.29, 1.82) is 0 Å². The number of amides is 1. The van der Waals surface area contributed by atoms with Crippen LogP contribution in [0.25, 0.3) is 54.4 Å². The van der Waals surface area contributed by atoms with Crippen molar-refractivity contribution in [2.24, 2.45) is 0 Å². The number of rotatable bonds is 2. The minimum atomic E-state index is -0.609. The Morgan fingerprint density at radius 1 is 0.857 bits per heavy atom. The minimum absolute atomic E-state index is 0.266.